The number of rotatable bonds is 4. The molecule has 0 N–H and O–H groups in total. The number of hydrogen-bond donors (Lipinski definition) is 0. The second kappa shape index (κ2) is 7.62. The Morgan fingerprint density at radius 3 is 2.58 bits per heavy atom. The Kier molecular flexibility index (Phi) is 5.07. The van der Waals surface area contributed by atoms with Gasteiger partial charge in [0.25, 0.3) is 0 Å². The van der Waals surface area contributed by atoms with E-state index in [-0.39, 0.29) is 5.91 Å². The highest BCUT2D eigenvalue weighted by molar-refractivity contribution is 5.76. The Morgan fingerprint density at radius 1 is 1.12 bits per heavy atom. The fourth-order valence-electron chi connectivity index (χ4n) is 4.30. The second-order valence-corrected chi connectivity index (χ2v) is 7.63. The molecule has 0 atom stereocenters. The molecule has 5 nitrogen and oxygen atoms in total. The second-order valence-electron chi connectivity index (χ2n) is 7.63. The Hall–Kier alpha value is -2.14. The Morgan fingerprint density at radius 2 is 1.88 bits per heavy atom. The van der Waals surface area contributed by atoms with Crippen LogP contribution in [0, 0.1) is 6.92 Å². The number of carbonyl (C=O) groups excluding carboxylic acids is 1. The molecule has 1 aromatic heterocycles. The number of aryl methyl sites for hydroxylation is 2. The van der Waals surface area contributed by atoms with Gasteiger partial charge in [0.05, 0.1) is 6.20 Å². The monoisotopic (exact) mass is 352 g/mol. The van der Waals surface area contributed by atoms with Gasteiger partial charge >= 0.3 is 0 Å². The molecule has 2 aromatic rings. The van der Waals surface area contributed by atoms with Crippen LogP contribution in [-0.4, -0.2) is 57.7 Å². The van der Waals surface area contributed by atoms with Gasteiger partial charge in [0.1, 0.15) is 0 Å². The van der Waals surface area contributed by atoms with Crippen LogP contribution in [0.4, 0.5) is 0 Å². The number of aromatic nitrogens is 2. The van der Waals surface area contributed by atoms with Gasteiger partial charge in [-0.15, -0.1) is 0 Å². The molecule has 1 aromatic carbocycles. The highest BCUT2D eigenvalue weighted by atomic mass is 16.2. The summed E-state index contributed by atoms with van der Waals surface area (Å²) in [7, 11) is 0. The highest BCUT2D eigenvalue weighted by Gasteiger charge is 2.28. The average Bonchev–Trinajstić information content (AvgIpc) is 3.18. The van der Waals surface area contributed by atoms with Crippen molar-refractivity contribution in [2.45, 2.75) is 45.2 Å². The van der Waals surface area contributed by atoms with Gasteiger partial charge < -0.3 is 4.90 Å². The van der Waals surface area contributed by atoms with E-state index in [0.717, 1.165) is 51.0 Å². The minimum Gasteiger partial charge on any atom is -0.341 e. The van der Waals surface area contributed by atoms with Crippen LogP contribution in [0.15, 0.2) is 36.7 Å². The van der Waals surface area contributed by atoms with Crippen LogP contribution in [0.25, 0.3) is 0 Å². The predicted molar refractivity (Wildman–Crippen MR) is 102 cm³/mol. The molecule has 138 valence electrons. The quantitative estimate of drug-likeness (QED) is 0.848. The molecule has 1 fully saturated rings. The Balaban J connectivity index is 1.29. The first-order valence-corrected chi connectivity index (χ1v) is 9.77. The van der Waals surface area contributed by atoms with Gasteiger partial charge in [0, 0.05) is 51.4 Å². The van der Waals surface area contributed by atoms with Crippen molar-refractivity contribution in [3.05, 3.63) is 53.3 Å². The van der Waals surface area contributed by atoms with Gasteiger partial charge in [-0.2, -0.15) is 5.10 Å². The van der Waals surface area contributed by atoms with Crippen LogP contribution in [0.5, 0.6) is 0 Å². The summed E-state index contributed by atoms with van der Waals surface area (Å²) < 4.78 is 1.87. The summed E-state index contributed by atoms with van der Waals surface area (Å²) >= 11 is 0. The van der Waals surface area contributed by atoms with Crippen LogP contribution in [0.2, 0.25) is 0 Å². The number of nitrogens with zero attached hydrogens (tertiary/aromatic N) is 4. The number of hydrogen-bond acceptors (Lipinski definition) is 3. The molecular formula is C21H28N4O. The molecule has 1 aliphatic heterocycles. The summed E-state index contributed by atoms with van der Waals surface area (Å²) in [5.41, 5.74) is 4.15. The van der Waals surface area contributed by atoms with E-state index in [1.54, 1.807) is 0 Å². The van der Waals surface area contributed by atoms with Crippen LogP contribution < -0.4 is 0 Å². The van der Waals surface area contributed by atoms with Crippen molar-refractivity contribution in [3.8, 4) is 0 Å². The lowest BCUT2D eigenvalue weighted by molar-refractivity contribution is -0.131. The van der Waals surface area contributed by atoms with Crippen molar-refractivity contribution in [1.82, 2.24) is 19.6 Å². The molecule has 0 saturated carbocycles. The highest BCUT2D eigenvalue weighted by Crippen LogP contribution is 2.26. The fourth-order valence-corrected chi connectivity index (χ4v) is 4.30. The largest absolute Gasteiger partial charge is 0.341 e. The smallest absolute Gasteiger partial charge is 0.224 e. The van der Waals surface area contributed by atoms with Gasteiger partial charge in [0.15, 0.2) is 0 Å². The average molecular weight is 352 g/mol. The molecule has 1 aliphatic carbocycles. The molecule has 2 heterocycles. The van der Waals surface area contributed by atoms with Crippen LogP contribution >= 0.6 is 0 Å². The maximum Gasteiger partial charge on any atom is 0.224 e. The molecule has 26 heavy (non-hydrogen) atoms. The standard InChI is InChI=1S/C21H28N4O/c1-17-15-22-25(16-17)10-7-21(26)24-9-4-8-23(11-12-24)20-13-18-5-2-3-6-19(18)14-20/h2-3,5-6,15-16,20H,4,7-14H2,1H3. The molecule has 1 saturated heterocycles. The van der Waals surface area contributed by atoms with E-state index in [9.17, 15) is 4.79 Å². The zero-order chi connectivity index (χ0) is 17.9. The van der Waals surface area contributed by atoms with Crippen molar-refractivity contribution in [3.63, 3.8) is 0 Å². The first-order chi connectivity index (χ1) is 12.7. The number of amides is 1. The first-order valence-electron chi connectivity index (χ1n) is 9.77. The van der Waals surface area contributed by atoms with E-state index in [2.05, 4.69) is 39.2 Å². The van der Waals surface area contributed by atoms with Crippen molar-refractivity contribution in [1.29, 1.82) is 0 Å². The molecule has 0 bridgehead atoms. The molecule has 2 aliphatic rings. The van der Waals surface area contributed by atoms with Gasteiger partial charge in [-0.25, -0.2) is 0 Å². The maximum atomic E-state index is 12.6. The Labute approximate surface area is 155 Å². The van der Waals surface area contributed by atoms with Crippen LogP contribution in [0.1, 0.15) is 29.5 Å². The van der Waals surface area contributed by atoms with E-state index in [0.29, 0.717) is 19.0 Å². The first kappa shape index (κ1) is 17.3. The van der Waals surface area contributed by atoms with Crippen LogP contribution in [0.3, 0.4) is 0 Å². The number of carbonyl (C=O) groups is 1. The summed E-state index contributed by atoms with van der Waals surface area (Å²) in [5.74, 6) is 0.259. The molecule has 5 heteroatoms. The molecular weight excluding hydrogens is 324 g/mol. The fraction of sp³-hybridized carbons (Fsp3) is 0.524. The van der Waals surface area contributed by atoms with Crippen molar-refractivity contribution < 1.29 is 4.79 Å². The summed E-state index contributed by atoms with van der Waals surface area (Å²) in [6, 6.07) is 9.42. The van der Waals surface area contributed by atoms with E-state index >= 15 is 0 Å². The molecule has 0 unspecified atom stereocenters. The molecule has 1 amide bonds. The lowest BCUT2D eigenvalue weighted by Crippen LogP contribution is -2.40. The van der Waals surface area contributed by atoms with E-state index in [1.807, 2.05) is 24.0 Å². The zero-order valence-corrected chi connectivity index (χ0v) is 15.6. The van der Waals surface area contributed by atoms with Gasteiger partial charge in [0.2, 0.25) is 5.91 Å². The summed E-state index contributed by atoms with van der Waals surface area (Å²) in [4.78, 5) is 17.3. The molecule has 4 rings (SSSR count). The van der Waals surface area contributed by atoms with E-state index in [1.165, 1.54) is 11.1 Å². The zero-order valence-electron chi connectivity index (χ0n) is 15.6. The Bertz CT molecular complexity index is 744. The number of fused-ring (bicyclic) bond motifs is 1. The topological polar surface area (TPSA) is 41.4 Å². The molecule has 0 radical (unpaired) electrons. The predicted octanol–water partition coefficient (Wildman–Crippen LogP) is 2.28. The lowest BCUT2D eigenvalue weighted by Gasteiger charge is -2.27. The van der Waals surface area contributed by atoms with Crippen molar-refractivity contribution in [2.75, 3.05) is 26.2 Å². The van der Waals surface area contributed by atoms with Crippen molar-refractivity contribution >= 4 is 5.91 Å². The summed E-state index contributed by atoms with van der Waals surface area (Å²) in [6.07, 6.45) is 7.75. The van der Waals surface area contributed by atoms with Crippen LogP contribution in [-0.2, 0) is 24.2 Å². The van der Waals surface area contributed by atoms with E-state index < -0.39 is 0 Å². The lowest BCUT2D eigenvalue weighted by atomic mass is 10.1. The SMILES string of the molecule is Cc1cnn(CCC(=O)N2CCCN(C3Cc4ccccc4C3)CC2)c1. The minimum atomic E-state index is 0.259. The summed E-state index contributed by atoms with van der Waals surface area (Å²) in [5, 5.41) is 4.27. The molecule has 0 spiro atoms. The normalized spacial score (nSPS) is 18.7. The third-order valence-electron chi connectivity index (χ3n) is 5.75. The third-order valence-corrected chi connectivity index (χ3v) is 5.75. The van der Waals surface area contributed by atoms with E-state index in [4.69, 9.17) is 0 Å². The maximum absolute atomic E-state index is 12.6. The number of benzene rings is 1. The van der Waals surface area contributed by atoms with Gasteiger partial charge in [-0.1, -0.05) is 24.3 Å². The van der Waals surface area contributed by atoms with Gasteiger partial charge in [-0.05, 0) is 42.9 Å². The van der Waals surface area contributed by atoms with Gasteiger partial charge in [-0.3, -0.25) is 14.4 Å². The summed E-state index contributed by atoms with van der Waals surface area (Å²) in [6.45, 7) is 6.52. The third kappa shape index (κ3) is 3.83. The minimum absolute atomic E-state index is 0.259. The van der Waals surface area contributed by atoms with Crippen molar-refractivity contribution in [2.24, 2.45) is 0 Å².